The maximum atomic E-state index is 6.24. The standard InChI is InChI=1S/C22H19ClN4OS/c1-3-12-27-14(2)18(19(24-22(27)29)16-10-7-11-17(23)13-16)21-25-20(26-28-21)15-8-5-4-6-9-15/h3-11,13,19H,1,12H2,2H3,(H,24,29). The first-order chi connectivity index (χ1) is 14.1. The molecule has 1 aliphatic rings. The van der Waals surface area contributed by atoms with Gasteiger partial charge in [-0.2, -0.15) is 4.98 Å². The van der Waals surface area contributed by atoms with Gasteiger partial charge in [0.2, 0.25) is 5.82 Å². The van der Waals surface area contributed by atoms with Crippen molar-refractivity contribution < 1.29 is 4.52 Å². The van der Waals surface area contributed by atoms with Crippen molar-refractivity contribution in [2.45, 2.75) is 13.0 Å². The second kappa shape index (κ2) is 8.19. The Morgan fingerprint density at radius 1 is 1.24 bits per heavy atom. The van der Waals surface area contributed by atoms with Gasteiger partial charge in [-0.3, -0.25) is 0 Å². The van der Waals surface area contributed by atoms with Crippen LogP contribution in [0.15, 0.2) is 77.5 Å². The lowest BCUT2D eigenvalue weighted by Crippen LogP contribution is -2.45. The van der Waals surface area contributed by atoms with Gasteiger partial charge in [-0.05, 0) is 36.8 Å². The van der Waals surface area contributed by atoms with E-state index >= 15 is 0 Å². The molecule has 0 spiro atoms. The Kier molecular flexibility index (Phi) is 5.47. The average molecular weight is 423 g/mol. The summed E-state index contributed by atoms with van der Waals surface area (Å²) in [4.78, 5) is 6.63. The lowest BCUT2D eigenvalue weighted by Gasteiger charge is -2.36. The Bertz CT molecular complexity index is 1090. The van der Waals surface area contributed by atoms with Gasteiger partial charge in [-0.1, -0.05) is 65.3 Å². The highest BCUT2D eigenvalue weighted by atomic mass is 35.5. The van der Waals surface area contributed by atoms with Crippen LogP contribution in [0.3, 0.4) is 0 Å². The molecule has 29 heavy (non-hydrogen) atoms. The SMILES string of the molecule is C=CCN1C(=S)NC(c2cccc(Cl)c2)C(c2nc(-c3ccccc3)no2)=C1C. The van der Waals surface area contributed by atoms with Crippen LogP contribution in [0.2, 0.25) is 5.02 Å². The number of nitrogens with zero attached hydrogens (tertiary/aromatic N) is 3. The van der Waals surface area contributed by atoms with Crippen LogP contribution < -0.4 is 5.32 Å². The minimum atomic E-state index is -0.258. The van der Waals surface area contributed by atoms with Crippen molar-refractivity contribution in [1.29, 1.82) is 0 Å². The van der Waals surface area contributed by atoms with Crippen LogP contribution in [0.25, 0.3) is 17.0 Å². The molecule has 3 aromatic rings. The molecule has 2 heterocycles. The molecular weight excluding hydrogens is 404 g/mol. The molecule has 0 amide bonds. The molecule has 0 saturated heterocycles. The molecule has 1 aromatic heterocycles. The van der Waals surface area contributed by atoms with Crippen molar-refractivity contribution in [3.63, 3.8) is 0 Å². The van der Waals surface area contributed by atoms with Gasteiger partial charge in [-0.25, -0.2) is 0 Å². The second-order valence-electron chi connectivity index (χ2n) is 6.63. The maximum absolute atomic E-state index is 6.24. The van der Waals surface area contributed by atoms with Gasteiger partial charge < -0.3 is 14.7 Å². The van der Waals surface area contributed by atoms with Gasteiger partial charge in [0.25, 0.3) is 5.89 Å². The van der Waals surface area contributed by atoms with Crippen molar-refractivity contribution in [2.24, 2.45) is 0 Å². The van der Waals surface area contributed by atoms with E-state index in [0.717, 1.165) is 22.4 Å². The topological polar surface area (TPSA) is 54.2 Å². The van der Waals surface area contributed by atoms with Crippen molar-refractivity contribution in [2.75, 3.05) is 6.54 Å². The van der Waals surface area contributed by atoms with E-state index in [1.54, 1.807) is 6.08 Å². The molecular formula is C22H19ClN4OS. The molecule has 0 saturated carbocycles. The smallest absolute Gasteiger partial charge is 0.258 e. The molecule has 1 unspecified atom stereocenters. The lowest BCUT2D eigenvalue weighted by atomic mass is 9.95. The van der Waals surface area contributed by atoms with E-state index in [4.69, 9.17) is 28.3 Å². The van der Waals surface area contributed by atoms with Gasteiger partial charge in [0.1, 0.15) is 0 Å². The molecule has 2 aromatic carbocycles. The first-order valence-corrected chi connectivity index (χ1v) is 9.91. The number of halogens is 1. The Morgan fingerprint density at radius 2 is 2.03 bits per heavy atom. The summed E-state index contributed by atoms with van der Waals surface area (Å²) in [7, 11) is 0. The quantitative estimate of drug-likeness (QED) is 0.448. The van der Waals surface area contributed by atoms with Crippen molar-refractivity contribution >= 4 is 34.5 Å². The van der Waals surface area contributed by atoms with Crippen LogP contribution in [-0.4, -0.2) is 26.7 Å². The third kappa shape index (κ3) is 3.81. The van der Waals surface area contributed by atoms with Gasteiger partial charge >= 0.3 is 0 Å². The highest BCUT2D eigenvalue weighted by molar-refractivity contribution is 7.80. The third-order valence-electron chi connectivity index (χ3n) is 4.78. The Balaban J connectivity index is 1.84. The summed E-state index contributed by atoms with van der Waals surface area (Å²) < 4.78 is 5.68. The van der Waals surface area contributed by atoms with Crippen LogP contribution >= 0.6 is 23.8 Å². The fourth-order valence-electron chi connectivity index (χ4n) is 3.38. The Hall–Kier alpha value is -2.96. The summed E-state index contributed by atoms with van der Waals surface area (Å²) in [6, 6.07) is 17.1. The highest BCUT2D eigenvalue weighted by Gasteiger charge is 2.33. The number of hydrogen-bond acceptors (Lipinski definition) is 4. The predicted octanol–water partition coefficient (Wildman–Crippen LogP) is 5.24. The summed E-state index contributed by atoms with van der Waals surface area (Å²) in [5.41, 5.74) is 3.65. The zero-order valence-corrected chi connectivity index (χ0v) is 17.4. The fourth-order valence-corrected chi connectivity index (χ4v) is 3.91. The largest absolute Gasteiger partial charge is 0.351 e. The fraction of sp³-hybridized carbons (Fsp3) is 0.136. The van der Waals surface area contributed by atoms with Crippen LogP contribution in [0.4, 0.5) is 0 Å². The minimum absolute atomic E-state index is 0.258. The van der Waals surface area contributed by atoms with E-state index in [1.165, 1.54) is 0 Å². The maximum Gasteiger partial charge on any atom is 0.258 e. The normalized spacial score (nSPS) is 16.7. The number of rotatable bonds is 5. The Morgan fingerprint density at radius 3 is 2.76 bits per heavy atom. The van der Waals surface area contributed by atoms with E-state index in [2.05, 4.69) is 22.0 Å². The number of allylic oxidation sites excluding steroid dienone is 1. The molecule has 0 bridgehead atoms. The minimum Gasteiger partial charge on any atom is -0.351 e. The number of thiocarbonyl (C=S) groups is 1. The average Bonchev–Trinajstić information content (AvgIpc) is 3.21. The summed E-state index contributed by atoms with van der Waals surface area (Å²) in [5, 5.41) is 8.83. The molecule has 146 valence electrons. The first-order valence-electron chi connectivity index (χ1n) is 9.13. The molecule has 1 N–H and O–H groups in total. The summed E-state index contributed by atoms with van der Waals surface area (Å²) in [6.07, 6.45) is 1.80. The van der Waals surface area contributed by atoms with Gasteiger partial charge in [0.15, 0.2) is 5.11 Å². The molecule has 1 aliphatic heterocycles. The van der Waals surface area contributed by atoms with E-state index in [0.29, 0.717) is 28.4 Å². The highest BCUT2D eigenvalue weighted by Crippen LogP contribution is 2.37. The molecule has 0 aliphatic carbocycles. The number of benzene rings is 2. The van der Waals surface area contributed by atoms with Crippen LogP contribution in [0, 0.1) is 0 Å². The molecule has 0 radical (unpaired) electrons. The van der Waals surface area contributed by atoms with Gasteiger partial charge in [-0.15, -0.1) is 6.58 Å². The zero-order valence-electron chi connectivity index (χ0n) is 15.8. The lowest BCUT2D eigenvalue weighted by molar-refractivity contribution is 0.399. The van der Waals surface area contributed by atoms with Crippen LogP contribution in [-0.2, 0) is 0 Å². The van der Waals surface area contributed by atoms with E-state index in [1.807, 2.05) is 66.4 Å². The summed E-state index contributed by atoms with van der Waals surface area (Å²) in [5.74, 6) is 0.976. The van der Waals surface area contributed by atoms with Gasteiger partial charge in [0.05, 0.1) is 11.6 Å². The summed E-state index contributed by atoms with van der Waals surface area (Å²) >= 11 is 11.8. The predicted molar refractivity (Wildman–Crippen MR) is 119 cm³/mol. The van der Waals surface area contributed by atoms with Gasteiger partial charge in [0, 0.05) is 22.8 Å². The second-order valence-corrected chi connectivity index (χ2v) is 7.45. The molecule has 0 fully saturated rings. The summed E-state index contributed by atoms with van der Waals surface area (Å²) in [6.45, 7) is 6.40. The molecule has 5 nitrogen and oxygen atoms in total. The number of hydrogen-bond donors (Lipinski definition) is 1. The van der Waals surface area contributed by atoms with E-state index in [9.17, 15) is 0 Å². The number of nitrogens with one attached hydrogen (secondary N) is 1. The molecule has 1 atom stereocenters. The monoisotopic (exact) mass is 422 g/mol. The van der Waals surface area contributed by atoms with E-state index < -0.39 is 0 Å². The van der Waals surface area contributed by atoms with E-state index in [-0.39, 0.29) is 6.04 Å². The Labute approximate surface area is 179 Å². The molecule has 7 heteroatoms. The van der Waals surface area contributed by atoms with Crippen molar-refractivity contribution in [3.05, 3.63) is 89.4 Å². The molecule has 4 rings (SSSR count). The number of aromatic nitrogens is 2. The van der Waals surface area contributed by atoms with Crippen molar-refractivity contribution in [1.82, 2.24) is 20.4 Å². The van der Waals surface area contributed by atoms with Crippen LogP contribution in [0.5, 0.6) is 0 Å². The van der Waals surface area contributed by atoms with Crippen LogP contribution in [0.1, 0.15) is 24.4 Å². The third-order valence-corrected chi connectivity index (χ3v) is 5.35. The zero-order chi connectivity index (χ0) is 20.4. The first kappa shape index (κ1) is 19.4. The van der Waals surface area contributed by atoms with Crippen molar-refractivity contribution in [3.8, 4) is 11.4 Å².